The lowest BCUT2D eigenvalue weighted by Crippen LogP contribution is -2.37. The van der Waals surface area contributed by atoms with Gasteiger partial charge in [-0.05, 0) is 31.2 Å². The van der Waals surface area contributed by atoms with Crippen molar-refractivity contribution in [1.29, 1.82) is 0 Å². The molecule has 1 N–H and O–H groups in total. The van der Waals surface area contributed by atoms with E-state index in [4.69, 9.17) is 4.42 Å². The Morgan fingerprint density at radius 1 is 1.22 bits per heavy atom. The molecule has 0 saturated heterocycles. The Hall–Kier alpha value is -2.91. The summed E-state index contributed by atoms with van der Waals surface area (Å²) in [4.78, 5) is 12.5. The van der Waals surface area contributed by atoms with Crippen LogP contribution in [0.1, 0.15) is 11.3 Å². The standard InChI is InChI=1S/C18H20N4O4S/c1-14-5-7-16(8-6-14)27(24,25)22(12-15-4-3-11-26-15)13-18(23)19-17-9-10-21(2)20-17/h3-11H,12-13H2,1-2H3,(H,19,20,23). The lowest BCUT2D eigenvalue weighted by atomic mass is 10.2. The zero-order valence-electron chi connectivity index (χ0n) is 15.0. The minimum atomic E-state index is -3.89. The molecule has 27 heavy (non-hydrogen) atoms. The molecular formula is C18H20N4O4S. The van der Waals surface area contributed by atoms with Crippen LogP contribution in [0.4, 0.5) is 5.82 Å². The van der Waals surface area contributed by atoms with Crippen LogP contribution in [-0.4, -0.2) is 35.0 Å². The molecule has 0 saturated carbocycles. The molecular weight excluding hydrogens is 368 g/mol. The summed E-state index contributed by atoms with van der Waals surface area (Å²) in [5.41, 5.74) is 0.944. The van der Waals surface area contributed by atoms with Crippen molar-refractivity contribution in [3.63, 3.8) is 0 Å². The molecule has 0 aliphatic rings. The Morgan fingerprint density at radius 3 is 2.56 bits per heavy atom. The number of aromatic nitrogens is 2. The topological polar surface area (TPSA) is 97.4 Å². The molecule has 3 aromatic rings. The number of benzene rings is 1. The van der Waals surface area contributed by atoms with Gasteiger partial charge in [-0.25, -0.2) is 8.42 Å². The summed E-state index contributed by atoms with van der Waals surface area (Å²) < 4.78 is 34.0. The first kappa shape index (κ1) is 18.9. The number of sulfonamides is 1. The third kappa shape index (κ3) is 4.63. The van der Waals surface area contributed by atoms with Crippen molar-refractivity contribution in [3.8, 4) is 0 Å². The minimum absolute atomic E-state index is 0.0567. The zero-order chi connectivity index (χ0) is 19.4. The van der Waals surface area contributed by atoms with Crippen molar-refractivity contribution in [1.82, 2.24) is 14.1 Å². The van der Waals surface area contributed by atoms with Crippen molar-refractivity contribution in [2.45, 2.75) is 18.4 Å². The Kier molecular flexibility index (Phi) is 5.43. The Bertz CT molecular complexity index is 1010. The third-order valence-electron chi connectivity index (χ3n) is 3.87. The van der Waals surface area contributed by atoms with Gasteiger partial charge in [-0.1, -0.05) is 17.7 Å². The number of anilines is 1. The second-order valence-corrected chi connectivity index (χ2v) is 8.03. The lowest BCUT2D eigenvalue weighted by molar-refractivity contribution is -0.116. The molecule has 0 fully saturated rings. The van der Waals surface area contributed by atoms with E-state index >= 15 is 0 Å². The van der Waals surface area contributed by atoms with Gasteiger partial charge in [0.2, 0.25) is 15.9 Å². The quantitative estimate of drug-likeness (QED) is 0.669. The highest BCUT2D eigenvalue weighted by atomic mass is 32.2. The van der Waals surface area contributed by atoms with Crippen LogP contribution in [0.2, 0.25) is 0 Å². The molecule has 1 aromatic carbocycles. The maximum atomic E-state index is 13.0. The molecule has 0 unspecified atom stereocenters. The molecule has 142 valence electrons. The van der Waals surface area contributed by atoms with Gasteiger partial charge in [-0.15, -0.1) is 0 Å². The highest BCUT2D eigenvalue weighted by Gasteiger charge is 2.28. The number of hydrogen-bond acceptors (Lipinski definition) is 5. The Morgan fingerprint density at radius 2 is 1.96 bits per heavy atom. The Labute approximate surface area is 157 Å². The molecule has 2 heterocycles. The predicted octanol–water partition coefficient (Wildman–Crippen LogP) is 2.15. The van der Waals surface area contributed by atoms with Gasteiger partial charge in [0, 0.05) is 19.3 Å². The predicted molar refractivity (Wildman–Crippen MR) is 99.3 cm³/mol. The molecule has 8 nitrogen and oxygen atoms in total. The number of carbonyl (C=O) groups excluding carboxylic acids is 1. The van der Waals surface area contributed by atoms with Crippen molar-refractivity contribution in [2.75, 3.05) is 11.9 Å². The molecule has 0 spiro atoms. The highest BCUT2D eigenvalue weighted by Crippen LogP contribution is 2.19. The first-order valence-corrected chi connectivity index (χ1v) is 9.67. The van der Waals surface area contributed by atoms with Crippen LogP contribution < -0.4 is 5.32 Å². The summed E-state index contributed by atoms with van der Waals surface area (Å²) >= 11 is 0. The van der Waals surface area contributed by atoms with Crippen molar-refractivity contribution in [3.05, 3.63) is 66.2 Å². The number of nitrogens with zero attached hydrogens (tertiary/aromatic N) is 3. The van der Waals surface area contributed by atoms with E-state index in [0.717, 1.165) is 9.87 Å². The Balaban J connectivity index is 1.83. The van der Waals surface area contributed by atoms with E-state index in [-0.39, 0.29) is 18.0 Å². The van der Waals surface area contributed by atoms with Crippen LogP contribution in [0.15, 0.2) is 64.2 Å². The fraction of sp³-hybridized carbons (Fsp3) is 0.222. The van der Waals surface area contributed by atoms with Crippen molar-refractivity contribution in [2.24, 2.45) is 7.05 Å². The molecule has 0 atom stereocenters. The second kappa shape index (κ2) is 7.77. The minimum Gasteiger partial charge on any atom is -0.468 e. The summed E-state index contributed by atoms with van der Waals surface area (Å²) in [5.74, 6) is 0.306. The van der Waals surface area contributed by atoms with Gasteiger partial charge in [0.25, 0.3) is 0 Å². The number of rotatable bonds is 7. The monoisotopic (exact) mass is 388 g/mol. The van der Waals surface area contributed by atoms with Crippen LogP contribution in [0.3, 0.4) is 0 Å². The van der Waals surface area contributed by atoms with Crippen molar-refractivity contribution >= 4 is 21.7 Å². The van der Waals surface area contributed by atoms with Gasteiger partial charge >= 0.3 is 0 Å². The maximum absolute atomic E-state index is 13.0. The van der Waals surface area contributed by atoms with Gasteiger partial charge in [0.1, 0.15) is 5.76 Å². The smallest absolute Gasteiger partial charge is 0.243 e. The largest absolute Gasteiger partial charge is 0.468 e. The molecule has 3 rings (SSSR count). The van der Waals surface area contributed by atoms with Crippen LogP contribution >= 0.6 is 0 Å². The number of nitrogens with one attached hydrogen (secondary N) is 1. The number of carbonyl (C=O) groups is 1. The summed E-state index contributed by atoms with van der Waals surface area (Å²) in [6.07, 6.45) is 3.14. The molecule has 2 aromatic heterocycles. The molecule has 0 radical (unpaired) electrons. The van der Waals surface area contributed by atoms with E-state index in [1.165, 1.54) is 18.4 Å². The first-order valence-electron chi connectivity index (χ1n) is 8.23. The highest BCUT2D eigenvalue weighted by molar-refractivity contribution is 7.89. The molecule has 0 aliphatic carbocycles. The lowest BCUT2D eigenvalue weighted by Gasteiger charge is -2.20. The van der Waals surface area contributed by atoms with Gasteiger partial charge < -0.3 is 9.73 Å². The van der Waals surface area contributed by atoms with E-state index in [2.05, 4.69) is 10.4 Å². The fourth-order valence-electron chi connectivity index (χ4n) is 2.49. The van der Waals surface area contributed by atoms with E-state index < -0.39 is 15.9 Å². The van der Waals surface area contributed by atoms with Gasteiger partial charge in [0.15, 0.2) is 5.82 Å². The average Bonchev–Trinajstić information content (AvgIpc) is 3.26. The zero-order valence-corrected chi connectivity index (χ0v) is 15.8. The molecule has 9 heteroatoms. The van der Waals surface area contributed by atoms with E-state index in [9.17, 15) is 13.2 Å². The van der Waals surface area contributed by atoms with Crippen LogP contribution in [0.5, 0.6) is 0 Å². The number of furan rings is 1. The second-order valence-electron chi connectivity index (χ2n) is 6.09. The third-order valence-corrected chi connectivity index (χ3v) is 5.68. The van der Waals surface area contributed by atoms with Gasteiger partial charge in [-0.2, -0.15) is 9.40 Å². The first-order chi connectivity index (χ1) is 12.8. The van der Waals surface area contributed by atoms with E-state index in [1.54, 1.807) is 48.3 Å². The van der Waals surface area contributed by atoms with Crippen LogP contribution in [0, 0.1) is 6.92 Å². The van der Waals surface area contributed by atoms with E-state index in [0.29, 0.717) is 11.6 Å². The number of aryl methyl sites for hydroxylation is 2. The molecule has 0 aliphatic heterocycles. The van der Waals surface area contributed by atoms with Gasteiger partial charge in [-0.3, -0.25) is 9.48 Å². The number of hydrogen-bond donors (Lipinski definition) is 1. The number of amides is 1. The SMILES string of the molecule is Cc1ccc(S(=O)(=O)N(CC(=O)Nc2ccn(C)n2)Cc2ccco2)cc1. The normalized spacial score (nSPS) is 11.7. The summed E-state index contributed by atoms with van der Waals surface area (Å²) in [6.45, 7) is 1.45. The summed E-state index contributed by atoms with van der Waals surface area (Å²) in [5, 5.41) is 6.66. The average molecular weight is 388 g/mol. The summed E-state index contributed by atoms with van der Waals surface area (Å²) in [7, 11) is -2.17. The van der Waals surface area contributed by atoms with Crippen LogP contribution in [0.25, 0.3) is 0 Å². The van der Waals surface area contributed by atoms with Crippen LogP contribution in [-0.2, 0) is 28.4 Å². The summed E-state index contributed by atoms with van der Waals surface area (Å²) in [6, 6.07) is 11.4. The molecule has 1 amide bonds. The van der Waals surface area contributed by atoms with Gasteiger partial charge in [0.05, 0.1) is 24.2 Å². The van der Waals surface area contributed by atoms with Crippen molar-refractivity contribution < 1.29 is 17.6 Å². The maximum Gasteiger partial charge on any atom is 0.243 e. The fourth-order valence-corrected chi connectivity index (χ4v) is 3.85. The van der Waals surface area contributed by atoms with E-state index in [1.807, 2.05) is 6.92 Å². The molecule has 0 bridgehead atoms.